The van der Waals surface area contributed by atoms with Crippen molar-refractivity contribution in [2.45, 2.75) is 12.5 Å². The van der Waals surface area contributed by atoms with Gasteiger partial charge in [0.25, 0.3) is 0 Å². The smallest absolute Gasteiger partial charge is 0.326 e. The van der Waals surface area contributed by atoms with Gasteiger partial charge in [-0.15, -0.1) is 0 Å². The summed E-state index contributed by atoms with van der Waals surface area (Å²) < 4.78 is 0.960. The highest BCUT2D eigenvalue weighted by atomic mass is 79.9. The van der Waals surface area contributed by atoms with Crippen molar-refractivity contribution in [1.29, 1.82) is 0 Å². The van der Waals surface area contributed by atoms with Crippen LogP contribution in [-0.4, -0.2) is 35.0 Å². The molecule has 1 aromatic rings. The molecule has 1 aromatic carbocycles. The van der Waals surface area contributed by atoms with Gasteiger partial charge in [-0.2, -0.15) is 11.8 Å². The van der Waals surface area contributed by atoms with Crippen molar-refractivity contribution in [3.8, 4) is 0 Å². The third-order valence-electron chi connectivity index (χ3n) is 2.52. The van der Waals surface area contributed by atoms with E-state index in [1.807, 2.05) is 30.5 Å². The maximum atomic E-state index is 11.7. The molecule has 0 aliphatic heterocycles. The molecule has 0 aliphatic rings. The molecule has 20 heavy (non-hydrogen) atoms. The van der Waals surface area contributed by atoms with Gasteiger partial charge in [0.05, 0.1) is 0 Å². The third kappa shape index (κ3) is 6.25. The van der Waals surface area contributed by atoms with Crippen molar-refractivity contribution in [3.63, 3.8) is 0 Å². The Bertz CT molecular complexity index is 488. The second-order valence-electron chi connectivity index (χ2n) is 4.07. The number of carboxylic acid groups (broad SMARTS) is 1. The number of amides is 1. The molecule has 0 saturated carbocycles. The van der Waals surface area contributed by atoms with Gasteiger partial charge in [0.1, 0.15) is 6.04 Å². The monoisotopic (exact) mass is 357 g/mol. The second kappa shape index (κ2) is 8.81. The summed E-state index contributed by atoms with van der Waals surface area (Å²) in [5.74, 6) is -0.723. The number of hydrogen-bond acceptors (Lipinski definition) is 3. The Kier molecular flexibility index (Phi) is 7.40. The van der Waals surface area contributed by atoms with Crippen molar-refractivity contribution >= 4 is 45.6 Å². The summed E-state index contributed by atoms with van der Waals surface area (Å²) in [6.07, 6.45) is 5.30. The number of nitrogens with one attached hydrogen (secondary N) is 1. The van der Waals surface area contributed by atoms with Crippen LogP contribution in [0.5, 0.6) is 0 Å². The van der Waals surface area contributed by atoms with Gasteiger partial charge in [-0.25, -0.2) is 4.79 Å². The highest BCUT2D eigenvalue weighted by Gasteiger charge is 2.17. The summed E-state index contributed by atoms with van der Waals surface area (Å²) in [7, 11) is 0. The number of aliphatic carboxylic acids is 1. The van der Waals surface area contributed by atoms with Gasteiger partial charge in [-0.05, 0) is 42.2 Å². The molecule has 4 nitrogen and oxygen atoms in total. The Hall–Kier alpha value is -1.27. The predicted octanol–water partition coefficient (Wildman–Crippen LogP) is 2.78. The largest absolute Gasteiger partial charge is 0.480 e. The van der Waals surface area contributed by atoms with Gasteiger partial charge in [0.15, 0.2) is 0 Å². The highest BCUT2D eigenvalue weighted by Crippen LogP contribution is 2.11. The molecule has 0 aromatic heterocycles. The second-order valence-corrected chi connectivity index (χ2v) is 5.97. The van der Waals surface area contributed by atoms with Crippen LogP contribution in [-0.2, 0) is 9.59 Å². The van der Waals surface area contributed by atoms with Gasteiger partial charge in [0, 0.05) is 10.5 Å². The van der Waals surface area contributed by atoms with Crippen LogP contribution in [0.2, 0.25) is 0 Å². The molecular formula is C14H16BrNO3S. The molecule has 0 bridgehead atoms. The maximum Gasteiger partial charge on any atom is 0.326 e. The average molecular weight is 358 g/mol. The number of carboxylic acids is 1. The number of benzene rings is 1. The maximum absolute atomic E-state index is 11.7. The molecule has 0 radical (unpaired) electrons. The Morgan fingerprint density at radius 2 is 2.05 bits per heavy atom. The first-order valence-electron chi connectivity index (χ1n) is 5.99. The minimum atomic E-state index is -1.01. The van der Waals surface area contributed by atoms with E-state index in [9.17, 15) is 9.59 Å². The zero-order valence-electron chi connectivity index (χ0n) is 11.0. The Morgan fingerprint density at radius 3 is 2.60 bits per heavy atom. The number of rotatable bonds is 7. The molecule has 108 valence electrons. The first-order valence-corrected chi connectivity index (χ1v) is 8.17. The Morgan fingerprint density at radius 1 is 1.40 bits per heavy atom. The van der Waals surface area contributed by atoms with Crippen molar-refractivity contribution in [2.75, 3.05) is 12.0 Å². The van der Waals surface area contributed by atoms with E-state index < -0.39 is 17.9 Å². The van der Waals surface area contributed by atoms with Crippen molar-refractivity contribution in [1.82, 2.24) is 5.32 Å². The molecule has 1 atom stereocenters. The van der Waals surface area contributed by atoms with Crippen LogP contribution in [0.4, 0.5) is 0 Å². The number of hydrogen-bond donors (Lipinski definition) is 2. The summed E-state index contributed by atoms with van der Waals surface area (Å²) in [5.41, 5.74) is 0.874. The summed E-state index contributed by atoms with van der Waals surface area (Å²) >= 11 is 4.88. The highest BCUT2D eigenvalue weighted by molar-refractivity contribution is 9.10. The third-order valence-corrected chi connectivity index (χ3v) is 3.70. The number of halogens is 1. The lowest BCUT2D eigenvalue weighted by Gasteiger charge is -2.12. The van der Waals surface area contributed by atoms with E-state index in [0.29, 0.717) is 12.2 Å². The van der Waals surface area contributed by atoms with E-state index >= 15 is 0 Å². The van der Waals surface area contributed by atoms with Crippen molar-refractivity contribution in [2.24, 2.45) is 0 Å². The van der Waals surface area contributed by atoms with Crippen LogP contribution in [0, 0.1) is 0 Å². The molecule has 0 spiro atoms. The lowest BCUT2D eigenvalue weighted by atomic mass is 10.2. The van der Waals surface area contributed by atoms with Crippen LogP contribution in [0.15, 0.2) is 34.8 Å². The first-order chi connectivity index (χ1) is 9.52. The summed E-state index contributed by atoms with van der Waals surface area (Å²) in [6, 6.07) is 6.61. The molecule has 0 heterocycles. The zero-order chi connectivity index (χ0) is 15.0. The lowest BCUT2D eigenvalue weighted by Crippen LogP contribution is -2.40. The molecule has 0 aliphatic carbocycles. The SMILES string of the molecule is CSCC[C@@H](NC(=O)/C=C/c1ccc(Br)cc1)C(=O)O. The molecule has 0 fully saturated rings. The van der Waals surface area contributed by atoms with Gasteiger partial charge >= 0.3 is 5.97 Å². The topological polar surface area (TPSA) is 66.4 Å². The van der Waals surface area contributed by atoms with Crippen LogP contribution in [0.1, 0.15) is 12.0 Å². The quantitative estimate of drug-likeness (QED) is 0.736. The zero-order valence-corrected chi connectivity index (χ0v) is 13.4. The number of carbonyl (C=O) groups is 2. The van der Waals surface area contributed by atoms with E-state index in [4.69, 9.17) is 5.11 Å². The van der Waals surface area contributed by atoms with E-state index in [-0.39, 0.29) is 0 Å². The molecule has 0 saturated heterocycles. The van der Waals surface area contributed by atoms with E-state index in [1.54, 1.807) is 17.8 Å². The van der Waals surface area contributed by atoms with Crippen LogP contribution >= 0.6 is 27.7 Å². The summed E-state index contributed by atoms with van der Waals surface area (Å²) in [5, 5.41) is 11.5. The fourth-order valence-electron chi connectivity index (χ4n) is 1.46. The minimum Gasteiger partial charge on any atom is -0.480 e. The molecular weight excluding hydrogens is 342 g/mol. The fourth-order valence-corrected chi connectivity index (χ4v) is 2.19. The van der Waals surface area contributed by atoms with E-state index in [2.05, 4.69) is 21.2 Å². The van der Waals surface area contributed by atoms with Crippen LogP contribution in [0.3, 0.4) is 0 Å². The molecule has 0 unspecified atom stereocenters. The van der Waals surface area contributed by atoms with Gasteiger partial charge in [0.2, 0.25) is 5.91 Å². The molecule has 2 N–H and O–H groups in total. The van der Waals surface area contributed by atoms with E-state index in [0.717, 1.165) is 10.0 Å². The van der Waals surface area contributed by atoms with Gasteiger partial charge < -0.3 is 10.4 Å². The van der Waals surface area contributed by atoms with Crippen LogP contribution in [0.25, 0.3) is 6.08 Å². The minimum absolute atomic E-state index is 0.401. The van der Waals surface area contributed by atoms with Crippen molar-refractivity contribution in [3.05, 3.63) is 40.4 Å². The normalized spacial score (nSPS) is 12.3. The average Bonchev–Trinajstić information content (AvgIpc) is 2.42. The number of carbonyl (C=O) groups excluding carboxylic acids is 1. The van der Waals surface area contributed by atoms with E-state index in [1.165, 1.54) is 6.08 Å². The summed E-state index contributed by atoms with van der Waals surface area (Å²) in [4.78, 5) is 22.7. The Balaban J connectivity index is 2.56. The van der Waals surface area contributed by atoms with Crippen LogP contribution < -0.4 is 5.32 Å². The predicted molar refractivity (Wildman–Crippen MR) is 85.7 cm³/mol. The molecule has 1 rings (SSSR count). The van der Waals surface area contributed by atoms with Gasteiger partial charge in [-0.1, -0.05) is 28.1 Å². The van der Waals surface area contributed by atoms with Crippen molar-refractivity contribution < 1.29 is 14.7 Å². The number of thioether (sulfide) groups is 1. The first kappa shape index (κ1) is 16.8. The summed E-state index contributed by atoms with van der Waals surface area (Å²) in [6.45, 7) is 0. The molecule has 1 amide bonds. The van der Waals surface area contributed by atoms with Gasteiger partial charge in [-0.3, -0.25) is 4.79 Å². The molecule has 6 heteroatoms. The standard InChI is InChI=1S/C14H16BrNO3S/c1-20-9-8-12(14(18)19)16-13(17)7-4-10-2-5-11(15)6-3-10/h2-7,12H,8-9H2,1H3,(H,16,17)(H,18,19)/b7-4+/t12-/m1/s1. The lowest BCUT2D eigenvalue weighted by molar-refractivity contribution is -0.141. The fraction of sp³-hybridized carbons (Fsp3) is 0.286. The Labute approximate surface area is 130 Å².